The maximum absolute atomic E-state index is 12.9. The van der Waals surface area contributed by atoms with E-state index in [9.17, 15) is 19.5 Å². The Balaban J connectivity index is 1.48. The third-order valence-electron chi connectivity index (χ3n) is 6.25. The van der Waals surface area contributed by atoms with Crippen molar-refractivity contribution in [3.05, 3.63) is 34.9 Å². The number of benzene rings is 1. The monoisotopic (exact) mass is 386 g/mol. The molecule has 2 fully saturated rings. The van der Waals surface area contributed by atoms with E-state index in [1.807, 2.05) is 19.1 Å². The van der Waals surface area contributed by atoms with Crippen LogP contribution in [0.2, 0.25) is 0 Å². The van der Waals surface area contributed by atoms with Gasteiger partial charge in [0, 0.05) is 37.7 Å². The van der Waals surface area contributed by atoms with Crippen molar-refractivity contribution in [2.45, 2.75) is 57.0 Å². The van der Waals surface area contributed by atoms with Crippen LogP contribution in [0.4, 0.5) is 0 Å². The maximum Gasteiger partial charge on any atom is 0.255 e. The Morgan fingerprint density at radius 3 is 2.89 bits per heavy atom. The van der Waals surface area contributed by atoms with E-state index in [2.05, 4.69) is 16.0 Å². The topological polar surface area (TPSA) is 111 Å². The van der Waals surface area contributed by atoms with Gasteiger partial charge in [-0.05, 0) is 43.5 Å². The fourth-order valence-electron chi connectivity index (χ4n) is 4.34. The number of carbonyl (C=O) groups excluding carboxylic acids is 3. The molecule has 3 aliphatic rings. The molecule has 3 unspecified atom stereocenters. The number of aliphatic hydroxyl groups is 1. The van der Waals surface area contributed by atoms with E-state index in [4.69, 9.17) is 0 Å². The Morgan fingerprint density at radius 2 is 2.18 bits per heavy atom. The normalized spacial score (nSPS) is 28.4. The molecule has 2 saturated heterocycles. The molecule has 8 heteroatoms. The first-order valence-corrected chi connectivity index (χ1v) is 9.81. The number of hydrogen-bond donors (Lipinski definition) is 4. The molecule has 0 bridgehead atoms. The van der Waals surface area contributed by atoms with Crippen LogP contribution >= 0.6 is 0 Å². The van der Waals surface area contributed by atoms with Crippen LogP contribution in [0.15, 0.2) is 18.2 Å². The number of piperidine rings is 1. The predicted octanol–water partition coefficient (Wildman–Crippen LogP) is -0.350. The molecule has 0 saturated carbocycles. The van der Waals surface area contributed by atoms with E-state index < -0.39 is 17.6 Å². The number of β-amino-alcohol motifs (C(OH)–C–C–N with tert-alkyl or cyclic N) is 1. The summed E-state index contributed by atoms with van der Waals surface area (Å²) >= 11 is 0. The molecule has 28 heavy (non-hydrogen) atoms. The molecule has 4 rings (SSSR count). The van der Waals surface area contributed by atoms with Crippen molar-refractivity contribution in [3.8, 4) is 0 Å². The molecular weight excluding hydrogens is 360 g/mol. The third-order valence-corrected chi connectivity index (χ3v) is 6.25. The van der Waals surface area contributed by atoms with E-state index >= 15 is 0 Å². The van der Waals surface area contributed by atoms with Crippen LogP contribution in [0, 0.1) is 0 Å². The number of nitrogens with zero attached hydrogens (tertiary/aromatic N) is 1. The van der Waals surface area contributed by atoms with Gasteiger partial charge in [-0.1, -0.05) is 12.1 Å². The van der Waals surface area contributed by atoms with Gasteiger partial charge in [0.05, 0.1) is 5.60 Å². The smallest absolute Gasteiger partial charge is 0.255 e. The van der Waals surface area contributed by atoms with E-state index in [1.54, 1.807) is 11.0 Å². The molecule has 0 spiro atoms. The Labute approximate surface area is 163 Å². The Morgan fingerprint density at radius 1 is 1.36 bits per heavy atom. The molecule has 0 aromatic heterocycles. The zero-order valence-electron chi connectivity index (χ0n) is 16.0. The minimum Gasteiger partial charge on any atom is -0.387 e. The van der Waals surface area contributed by atoms with E-state index in [1.165, 1.54) is 0 Å². The molecule has 0 radical (unpaired) electrons. The zero-order valence-corrected chi connectivity index (χ0v) is 16.0. The van der Waals surface area contributed by atoms with Gasteiger partial charge in [0.2, 0.25) is 11.8 Å². The van der Waals surface area contributed by atoms with Crippen molar-refractivity contribution in [1.82, 2.24) is 20.9 Å². The first kappa shape index (κ1) is 19.0. The van der Waals surface area contributed by atoms with Gasteiger partial charge < -0.3 is 20.6 Å². The number of hydrogen-bond acceptors (Lipinski definition) is 6. The SMILES string of the molecule is CC(NCc1cccc2c1CN(C1CCC(=O)NC1=O)C2=O)C1(O)CCNC1. The lowest BCUT2D eigenvalue weighted by molar-refractivity contribution is -0.136. The van der Waals surface area contributed by atoms with Crippen LogP contribution in [0.3, 0.4) is 0 Å². The van der Waals surface area contributed by atoms with Crippen LogP contribution in [-0.4, -0.2) is 58.5 Å². The van der Waals surface area contributed by atoms with Gasteiger partial charge in [0.1, 0.15) is 6.04 Å². The summed E-state index contributed by atoms with van der Waals surface area (Å²) in [6.45, 7) is 4.23. The minimum atomic E-state index is -0.771. The second-order valence-corrected chi connectivity index (χ2v) is 7.98. The Bertz CT molecular complexity index is 818. The first-order valence-electron chi connectivity index (χ1n) is 9.81. The molecule has 1 aromatic carbocycles. The van der Waals surface area contributed by atoms with Crippen molar-refractivity contribution in [3.63, 3.8) is 0 Å². The molecule has 3 aliphatic heterocycles. The van der Waals surface area contributed by atoms with E-state index in [-0.39, 0.29) is 24.3 Å². The second-order valence-electron chi connectivity index (χ2n) is 7.98. The highest BCUT2D eigenvalue weighted by Crippen LogP contribution is 2.30. The molecule has 3 atom stereocenters. The van der Waals surface area contributed by atoms with E-state index in [0.29, 0.717) is 38.0 Å². The number of amides is 3. The molecule has 150 valence electrons. The number of nitrogens with one attached hydrogen (secondary N) is 3. The van der Waals surface area contributed by atoms with Crippen LogP contribution < -0.4 is 16.0 Å². The zero-order chi connectivity index (χ0) is 19.9. The predicted molar refractivity (Wildman–Crippen MR) is 101 cm³/mol. The fraction of sp³-hybridized carbons (Fsp3) is 0.550. The third kappa shape index (κ3) is 3.32. The van der Waals surface area contributed by atoms with Gasteiger partial charge in [-0.3, -0.25) is 19.7 Å². The summed E-state index contributed by atoms with van der Waals surface area (Å²) in [5, 5.41) is 19.6. The molecule has 4 N–H and O–H groups in total. The van der Waals surface area contributed by atoms with Gasteiger partial charge in [-0.2, -0.15) is 0 Å². The lowest BCUT2D eigenvalue weighted by Crippen LogP contribution is -2.52. The number of carbonyl (C=O) groups is 3. The average molecular weight is 386 g/mol. The van der Waals surface area contributed by atoms with Crippen LogP contribution in [0.5, 0.6) is 0 Å². The van der Waals surface area contributed by atoms with Gasteiger partial charge in [0.15, 0.2) is 0 Å². The van der Waals surface area contributed by atoms with Crippen molar-refractivity contribution in [1.29, 1.82) is 0 Å². The Kier molecular flexibility index (Phi) is 4.95. The summed E-state index contributed by atoms with van der Waals surface area (Å²) in [4.78, 5) is 38.0. The van der Waals surface area contributed by atoms with Crippen molar-refractivity contribution < 1.29 is 19.5 Å². The van der Waals surface area contributed by atoms with E-state index in [0.717, 1.165) is 17.7 Å². The maximum atomic E-state index is 12.9. The van der Waals surface area contributed by atoms with Crippen LogP contribution in [-0.2, 0) is 22.7 Å². The summed E-state index contributed by atoms with van der Waals surface area (Å²) in [7, 11) is 0. The highest BCUT2D eigenvalue weighted by atomic mass is 16.3. The second kappa shape index (κ2) is 7.27. The number of rotatable bonds is 5. The first-order chi connectivity index (χ1) is 13.4. The lowest BCUT2D eigenvalue weighted by atomic mass is 9.94. The molecular formula is C20H26N4O4. The largest absolute Gasteiger partial charge is 0.387 e. The molecule has 0 aliphatic carbocycles. The van der Waals surface area contributed by atoms with Crippen LogP contribution in [0.25, 0.3) is 0 Å². The highest BCUT2D eigenvalue weighted by molar-refractivity contribution is 6.05. The van der Waals surface area contributed by atoms with Gasteiger partial charge in [0.25, 0.3) is 5.91 Å². The summed E-state index contributed by atoms with van der Waals surface area (Å²) in [6.07, 6.45) is 1.31. The summed E-state index contributed by atoms with van der Waals surface area (Å²) in [6, 6.07) is 4.89. The average Bonchev–Trinajstić information content (AvgIpc) is 3.25. The molecule has 1 aromatic rings. The summed E-state index contributed by atoms with van der Waals surface area (Å²) < 4.78 is 0. The van der Waals surface area contributed by atoms with Gasteiger partial charge in [-0.25, -0.2) is 0 Å². The summed E-state index contributed by atoms with van der Waals surface area (Å²) in [5.74, 6) is -0.858. The number of imide groups is 1. The standard InChI is InChI=1S/C20H26N4O4/c1-12(20(28)7-8-21-11-20)22-9-13-3-2-4-14-15(13)10-24(19(14)27)16-5-6-17(25)23-18(16)26/h2-4,12,16,21-22,28H,5-11H2,1H3,(H,23,25,26). The quantitative estimate of drug-likeness (QED) is 0.515. The summed E-state index contributed by atoms with van der Waals surface area (Å²) in [5.41, 5.74) is 1.74. The van der Waals surface area contributed by atoms with Gasteiger partial charge >= 0.3 is 0 Å². The Hall–Kier alpha value is -2.29. The highest BCUT2D eigenvalue weighted by Gasteiger charge is 2.40. The van der Waals surface area contributed by atoms with Crippen molar-refractivity contribution >= 4 is 17.7 Å². The lowest BCUT2D eigenvalue weighted by Gasteiger charge is -2.30. The fourth-order valence-corrected chi connectivity index (χ4v) is 4.34. The molecule has 3 heterocycles. The molecule has 8 nitrogen and oxygen atoms in total. The number of fused-ring (bicyclic) bond motifs is 1. The van der Waals surface area contributed by atoms with Crippen molar-refractivity contribution in [2.75, 3.05) is 13.1 Å². The minimum absolute atomic E-state index is 0.0956. The van der Waals surface area contributed by atoms with Crippen molar-refractivity contribution in [2.24, 2.45) is 0 Å². The molecule has 3 amide bonds. The van der Waals surface area contributed by atoms with Crippen LogP contribution in [0.1, 0.15) is 47.7 Å². The van der Waals surface area contributed by atoms with Gasteiger partial charge in [-0.15, -0.1) is 0 Å².